The molecule has 2 heterocycles. The van der Waals surface area contributed by atoms with E-state index in [2.05, 4.69) is 19.1 Å². The smallest absolute Gasteiger partial charge is 0.167 e. The molecule has 0 bridgehead atoms. The van der Waals surface area contributed by atoms with Gasteiger partial charge in [0, 0.05) is 22.8 Å². The van der Waals surface area contributed by atoms with E-state index in [0.29, 0.717) is 12.3 Å². The van der Waals surface area contributed by atoms with Crippen LogP contribution in [0.1, 0.15) is 28.5 Å². The minimum Gasteiger partial charge on any atom is -0.488 e. The molecule has 4 rings (SSSR count). The fourth-order valence-corrected chi connectivity index (χ4v) is 3.35. The van der Waals surface area contributed by atoms with Gasteiger partial charge >= 0.3 is 0 Å². The Labute approximate surface area is 158 Å². The zero-order valence-corrected chi connectivity index (χ0v) is 15.3. The molecule has 3 nitrogen and oxygen atoms in total. The normalized spacial score (nSPS) is 10.9. The van der Waals surface area contributed by atoms with Crippen molar-refractivity contribution >= 4 is 11.8 Å². The molecule has 0 atom stereocenters. The summed E-state index contributed by atoms with van der Waals surface area (Å²) >= 11 is 0. The number of benzene rings is 2. The minimum atomic E-state index is 0.489. The quantitative estimate of drug-likeness (QED) is 0.424. The molecule has 3 heteroatoms. The Morgan fingerprint density at radius 3 is 2.48 bits per heavy atom. The van der Waals surface area contributed by atoms with Gasteiger partial charge in [-0.1, -0.05) is 49.4 Å². The molecule has 0 N–H and O–H groups in total. The largest absolute Gasteiger partial charge is 0.488 e. The SMILES string of the molecule is CCc1ccc(OCc2ccccc2)c(-c2cc3ccccn3c2C=O)c1. The molecule has 0 saturated carbocycles. The molecule has 2 aromatic heterocycles. The third kappa shape index (κ3) is 3.36. The summed E-state index contributed by atoms with van der Waals surface area (Å²) in [4.78, 5) is 11.9. The highest BCUT2D eigenvalue weighted by Gasteiger charge is 2.16. The van der Waals surface area contributed by atoms with Crippen molar-refractivity contribution in [3.63, 3.8) is 0 Å². The van der Waals surface area contributed by atoms with Gasteiger partial charge in [-0.25, -0.2) is 0 Å². The number of pyridine rings is 1. The first-order valence-electron chi connectivity index (χ1n) is 9.15. The van der Waals surface area contributed by atoms with E-state index < -0.39 is 0 Å². The predicted octanol–water partition coefficient (Wildman–Crippen LogP) is 5.56. The zero-order chi connectivity index (χ0) is 18.6. The second-order valence-electron chi connectivity index (χ2n) is 6.51. The van der Waals surface area contributed by atoms with Crippen LogP contribution in [0.5, 0.6) is 5.75 Å². The van der Waals surface area contributed by atoms with Crippen LogP contribution in [0.25, 0.3) is 16.6 Å². The summed E-state index contributed by atoms with van der Waals surface area (Å²) in [5, 5.41) is 0. The zero-order valence-electron chi connectivity index (χ0n) is 15.3. The first-order chi connectivity index (χ1) is 13.3. The molecule has 0 saturated heterocycles. The van der Waals surface area contributed by atoms with Crippen LogP contribution in [-0.2, 0) is 13.0 Å². The molecule has 0 spiro atoms. The second-order valence-corrected chi connectivity index (χ2v) is 6.51. The fourth-order valence-electron chi connectivity index (χ4n) is 3.35. The third-order valence-electron chi connectivity index (χ3n) is 4.81. The second kappa shape index (κ2) is 7.50. The molecular formula is C24H21NO2. The lowest BCUT2D eigenvalue weighted by Gasteiger charge is -2.13. The van der Waals surface area contributed by atoms with Crippen LogP contribution >= 0.6 is 0 Å². The Morgan fingerprint density at radius 2 is 1.70 bits per heavy atom. The first-order valence-corrected chi connectivity index (χ1v) is 9.15. The molecule has 0 amide bonds. The van der Waals surface area contributed by atoms with Gasteiger partial charge in [0.1, 0.15) is 12.4 Å². The van der Waals surface area contributed by atoms with E-state index in [4.69, 9.17) is 4.74 Å². The van der Waals surface area contributed by atoms with Gasteiger partial charge in [-0.15, -0.1) is 0 Å². The lowest BCUT2D eigenvalue weighted by atomic mass is 10.0. The Balaban J connectivity index is 1.80. The molecule has 134 valence electrons. The molecule has 0 aliphatic heterocycles. The molecule has 0 radical (unpaired) electrons. The number of aldehydes is 1. The van der Waals surface area contributed by atoms with Crippen molar-refractivity contribution in [2.24, 2.45) is 0 Å². The van der Waals surface area contributed by atoms with Crippen molar-refractivity contribution < 1.29 is 9.53 Å². The van der Waals surface area contributed by atoms with E-state index in [1.54, 1.807) is 0 Å². The Bertz CT molecular complexity index is 1080. The molecule has 4 aromatic rings. The van der Waals surface area contributed by atoms with E-state index in [9.17, 15) is 4.79 Å². The number of fused-ring (bicyclic) bond motifs is 1. The summed E-state index contributed by atoms with van der Waals surface area (Å²) in [7, 11) is 0. The molecule has 0 fully saturated rings. The van der Waals surface area contributed by atoms with Gasteiger partial charge in [-0.05, 0) is 47.9 Å². The van der Waals surface area contributed by atoms with E-state index in [1.807, 2.05) is 71.3 Å². The Hall–Kier alpha value is -3.33. The van der Waals surface area contributed by atoms with E-state index in [1.165, 1.54) is 5.56 Å². The highest BCUT2D eigenvalue weighted by molar-refractivity contribution is 5.91. The monoisotopic (exact) mass is 355 g/mol. The molecule has 27 heavy (non-hydrogen) atoms. The summed E-state index contributed by atoms with van der Waals surface area (Å²) < 4.78 is 8.07. The molecule has 2 aromatic carbocycles. The van der Waals surface area contributed by atoms with E-state index in [-0.39, 0.29) is 0 Å². The average molecular weight is 355 g/mol. The van der Waals surface area contributed by atoms with Crippen molar-refractivity contribution in [2.75, 3.05) is 0 Å². The number of hydrogen-bond acceptors (Lipinski definition) is 2. The number of ether oxygens (including phenoxy) is 1. The number of hydrogen-bond donors (Lipinski definition) is 0. The van der Waals surface area contributed by atoms with Gasteiger partial charge in [0.05, 0.1) is 5.69 Å². The van der Waals surface area contributed by atoms with Crippen molar-refractivity contribution in [1.82, 2.24) is 4.40 Å². The molecular weight excluding hydrogens is 334 g/mol. The van der Waals surface area contributed by atoms with Crippen LogP contribution in [0.4, 0.5) is 0 Å². The highest BCUT2D eigenvalue weighted by atomic mass is 16.5. The van der Waals surface area contributed by atoms with Gasteiger partial charge in [-0.2, -0.15) is 0 Å². The number of aryl methyl sites for hydroxylation is 1. The number of carbonyl (C=O) groups is 1. The van der Waals surface area contributed by atoms with Crippen molar-refractivity contribution in [3.05, 3.63) is 95.8 Å². The average Bonchev–Trinajstić information content (AvgIpc) is 3.11. The van der Waals surface area contributed by atoms with Gasteiger partial charge in [0.15, 0.2) is 6.29 Å². The van der Waals surface area contributed by atoms with Gasteiger partial charge in [0.25, 0.3) is 0 Å². The van der Waals surface area contributed by atoms with E-state index >= 15 is 0 Å². The minimum absolute atomic E-state index is 0.489. The molecule has 0 aliphatic rings. The number of rotatable bonds is 6. The third-order valence-corrected chi connectivity index (χ3v) is 4.81. The van der Waals surface area contributed by atoms with Crippen LogP contribution in [0.2, 0.25) is 0 Å². The lowest BCUT2D eigenvalue weighted by Crippen LogP contribution is -1.99. The van der Waals surface area contributed by atoms with Crippen molar-refractivity contribution in [2.45, 2.75) is 20.0 Å². The Morgan fingerprint density at radius 1 is 0.889 bits per heavy atom. The Kier molecular flexibility index (Phi) is 4.75. The maximum Gasteiger partial charge on any atom is 0.167 e. The molecule has 0 unspecified atom stereocenters. The summed E-state index contributed by atoms with van der Waals surface area (Å²) in [5.41, 5.74) is 5.81. The summed E-state index contributed by atoms with van der Waals surface area (Å²) in [6, 6.07) is 24.3. The van der Waals surface area contributed by atoms with Gasteiger partial charge in [0.2, 0.25) is 0 Å². The van der Waals surface area contributed by atoms with Crippen LogP contribution in [0.15, 0.2) is 79.0 Å². The lowest BCUT2D eigenvalue weighted by molar-refractivity contribution is 0.111. The number of aromatic nitrogens is 1. The van der Waals surface area contributed by atoms with Crippen LogP contribution in [-0.4, -0.2) is 10.7 Å². The summed E-state index contributed by atoms with van der Waals surface area (Å²) in [6.45, 7) is 2.61. The van der Waals surface area contributed by atoms with E-state index in [0.717, 1.165) is 40.7 Å². The van der Waals surface area contributed by atoms with Crippen LogP contribution in [0.3, 0.4) is 0 Å². The summed E-state index contributed by atoms with van der Waals surface area (Å²) in [6.07, 6.45) is 3.76. The molecule has 0 aliphatic carbocycles. The highest BCUT2D eigenvalue weighted by Crippen LogP contribution is 2.35. The predicted molar refractivity (Wildman–Crippen MR) is 108 cm³/mol. The van der Waals surface area contributed by atoms with Crippen LogP contribution < -0.4 is 4.74 Å². The maximum atomic E-state index is 11.9. The maximum absolute atomic E-state index is 11.9. The summed E-state index contributed by atoms with van der Waals surface area (Å²) in [5.74, 6) is 0.787. The van der Waals surface area contributed by atoms with Crippen molar-refractivity contribution in [1.29, 1.82) is 0 Å². The van der Waals surface area contributed by atoms with Crippen LogP contribution in [0, 0.1) is 0 Å². The van der Waals surface area contributed by atoms with Crippen molar-refractivity contribution in [3.8, 4) is 16.9 Å². The van der Waals surface area contributed by atoms with Gasteiger partial charge < -0.3 is 9.14 Å². The topological polar surface area (TPSA) is 30.7 Å². The van der Waals surface area contributed by atoms with Gasteiger partial charge in [-0.3, -0.25) is 4.79 Å². The standard InChI is InChI=1S/C24H21NO2/c1-2-18-11-12-24(27-17-19-8-4-3-5-9-19)22(14-18)21-15-20-10-6-7-13-25(20)23(21)16-26/h3-16H,2,17H2,1H3. The first kappa shape index (κ1) is 17.1. The number of carbonyl (C=O) groups excluding carboxylic acids is 1. The number of nitrogens with zero attached hydrogens (tertiary/aromatic N) is 1. The fraction of sp³-hybridized carbons (Fsp3) is 0.125.